The number of ether oxygens (including phenoxy) is 1. The van der Waals surface area contributed by atoms with E-state index in [0.29, 0.717) is 24.4 Å². The lowest BCUT2D eigenvalue weighted by atomic mass is 10.0. The van der Waals surface area contributed by atoms with E-state index in [9.17, 15) is 14.4 Å². The lowest BCUT2D eigenvalue weighted by molar-refractivity contribution is -0.117. The summed E-state index contributed by atoms with van der Waals surface area (Å²) in [5, 5.41) is 2.87. The third-order valence-electron chi connectivity index (χ3n) is 5.66. The first-order valence-corrected chi connectivity index (χ1v) is 10.2. The molecule has 0 aromatic heterocycles. The molecule has 7 heteroatoms. The number of fused-ring (bicyclic) bond motifs is 1. The Morgan fingerprint density at radius 2 is 1.77 bits per heavy atom. The SMILES string of the molecule is CC(=O)c1ccc(NC(=O)CN2CCC(N3C(=O)OCc4ccccc43)CC2)cc1. The van der Waals surface area contributed by atoms with Gasteiger partial charge in [-0.25, -0.2) is 4.79 Å². The van der Waals surface area contributed by atoms with Gasteiger partial charge >= 0.3 is 6.09 Å². The normalized spacial score (nSPS) is 17.2. The maximum Gasteiger partial charge on any atom is 0.414 e. The second kappa shape index (κ2) is 8.67. The first-order chi connectivity index (χ1) is 14.5. The zero-order chi connectivity index (χ0) is 21.1. The predicted molar refractivity (Wildman–Crippen MR) is 114 cm³/mol. The van der Waals surface area contributed by atoms with Crippen LogP contribution in [0, 0.1) is 0 Å². The second-order valence-corrected chi connectivity index (χ2v) is 7.74. The largest absolute Gasteiger partial charge is 0.444 e. The van der Waals surface area contributed by atoms with Gasteiger partial charge < -0.3 is 10.1 Å². The highest BCUT2D eigenvalue weighted by atomic mass is 16.6. The first-order valence-electron chi connectivity index (χ1n) is 10.2. The lowest BCUT2D eigenvalue weighted by Crippen LogP contribution is -2.50. The Hall–Kier alpha value is -3.19. The number of amides is 2. The van der Waals surface area contributed by atoms with E-state index >= 15 is 0 Å². The smallest absolute Gasteiger partial charge is 0.414 e. The van der Waals surface area contributed by atoms with Crippen LogP contribution < -0.4 is 10.2 Å². The summed E-state index contributed by atoms with van der Waals surface area (Å²) >= 11 is 0. The summed E-state index contributed by atoms with van der Waals surface area (Å²) in [6.45, 7) is 3.58. The first kappa shape index (κ1) is 20.1. The van der Waals surface area contributed by atoms with Crippen LogP contribution in [0.3, 0.4) is 0 Å². The van der Waals surface area contributed by atoms with E-state index in [0.717, 1.165) is 37.2 Å². The number of anilines is 2. The Morgan fingerprint density at radius 3 is 2.47 bits per heavy atom. The molecule has 2 aromatic carbocycles. The fourth-order valence-corrected chi connectivity index (χ4v) is 4.05. The van der Waals surface area contributed by atoms with Crippen molar-refractivity contribution in [2.24, 2.45) is 0 Å². The quantitative estimate of drug-likeness (QED) is 0.768. The molecule has 2 heterocycles. The fourth-order valence-electron chi connectivity index (χ4n) is 4.05. The van der Waals surface area contributed by atoms with Gasteiger partial charge in [0.15, 0.2) is 5.78 Å². The van der Waals surface area contributed by atoms with E-state index in [4.69, 9.17) is 4.74 Å². The average Bonchev–Trinajstić information content (AvgIpc) is 2.75. The van der Waals surface area contributed by atoms with Crippen molar-refractivity contribution in [1.29, 1.82) is 0 Å². The van der Waals surface area contributed by atoms with E-state index in [2.05, 4.69) is 10.2 Å². The van der Waals surface area contributed by atoms with Gasteiger partial charge in [0.1, 0.15) is 6.61 Å². The molecule has 0 saturated carbocycles. The van der Waals surface area contributed by atoms with Crippen molar-refractivity contribution in [2.75, 3.05) is 29.9 Å². The Labute approximate surface area is 175 Å². The topological polar surface area (TPSA) is 79.0 Å². The standard InChI is InChI=1S/C23H25N3O4/c1-16(27)17-6-8-19(9-7-17)24-22(28)14-25-12-10-20(11-13-25)26-21-5-3-2-4-18(21)15-30-23(26)29/h2-9,20H,10-15H2,1H3,(H,24,28). The number of rotatable bonds is 5. The number of cyclic esters (lactones) is 1. The summed E-state index contributed by atoms with van der Waals surface area (Å²) in [7, 11) is 0. The van der Waals surface area contributed by atoms with Gasteiger partial charge in [-0.2, -0.15) is 0 Å². The summed E-state index contributed by atoms with van der Waals surface area (Å²) < 4.78 is 5.34. The van der Waals surface area contributed by atoms with E-state index in [1.54, 1.807) is 29.2 Å². The van der Waals surface area contributed by atoms with Crippen LogP contribution in [0.2, 0.25) is 0 Å². The van der Waals surface area contributed by atoms with E-state index in [1.807, 2.05) is 24.3 Å². The van der Waals surface area contributed by atoms with Crippen molar-refractivity contribution in [2.45, 2.75) is 32.4 Å². The highest BCUT2D eigenvalue weighted by Gasteiger charge is 2.34. The third kappa shape index (κ3) is 4.36. The molecule has 1 fully saturated rings. The van der Waals surface area contributed by atoms with Crippen molar-refractivity contribution in [3.63, 3.8) is 0 Å². The van der Waals surface area contributed by atoms with Crippen LogP contribution >= 0.6 is 0 Å². The summed E-state index contributed by atoms with van der Waals surface area (Å²) in [5.41, 5.74) is 3.24. The number of nitrogens with zero attached hydrogens (tertiary/aromatic N) is 2. The average molecular weight is 407 g/mol. The predicted octanol–water partition coefficient (Wildman–Crippen LogP) is 3.45. The number of hydrogen-bond acceptors (Lipinski definition) is 5. The fraction of sp³-hybridized carbons (Fsp3) is 0.348. The summed E-state index contributed by atoms with van der Waals surface area (Å²) in [5.74, 6) is -0.0947. The van der Waals surface area contributed by atoms with Crippen LogP contribution in [0.5, 0.6) is 0 Å². The number of carbonyl (C=O) groups excluding carboxylic acids is 3. The molecule has 0 atom stereocenters. The molecule has 0 spiro atoms. The van der Waals surface area contributed by atoms with Crippen LogP contribution in [0.15, 0.2) is 48.5 Å². The van der Waals surface area contributed by atoms with Crippen molar-refractivity contribution in [3.8, 4) is 0 Å². The van der Waals surface area contributed by atoms with E-state index in [1.165, 1.54) is 6.92 Å². The number of benzene rings is 2. The molecule has 30 heavy (non-hydrogen) atoms. The molecule has 1 saturated heterocycles. The minimum atomic E-state index is -0.293. The number of nitrogens with one attached hydrogen (secondary N) is 1. The summed E-state index contributed by atoms with van der Waals surface area (Å²) in [4.78, 5) is 40.0. The molecule has 156 valence electrons. The molecule has 7 nitrogen and oxygen atoms in total. The van der Waals surface area contributed by atoms with Gasteiger partial charge in [-0.3, -0.25) is 19.4 Å². The van der Waals surface area contributed by atoms with Gasteiger partial charge in [-0.05, 0) is 50.1 Å². The molecule has 2 aliphatic heterocycles. The summed E-state index contributed by atoms with van der Waals surface area (Å²) in [6, 6.07) is 14.8. The van der Waals surface area contributed by atoms with Crippen molar-refractivity contribution in [3.05, 3.63) is 59.7 Å². The highest BCUT2D eigenvalue weighted by Crippen LogP contribution is 2.31. The molecule has 4 rings (SSSR count). The van der Waals surface area contributed by atoms with Gasteiger partial charge in [-0.1, -0.05) is 18.2 Å². The van der Waals surface area contributed by atoms with E-state index < -0.39 is 0 Å². The van der Waals surface area contributed by atoms with Gasteiger partial charge in [0.05, 0.1) is 12.2 Å². The van der Waals surface area contributed by atoms with Crippen LogP contribution in [-0.2, 0) is 16.1 Å². The molecule has 0 aliphatic carbocycles. The molecule has 0 radical (unpaired) electrons. The van der Waals surface area contributed by atoms with Gasteiger partial charge in [-0.15, -0.1) is 0 Å². The number of carbonyl (C=O) groups is 3. The molecular weight excluding hydrogens is 382 g/mol. The maximum atomic E-state index is 12.4. The van der Waals surface area contributed by atoms with E-state index in [-0.39, 0.29) is 23.8 Å². The van der Waals surface area contributed by atoms with Gasteiger partial charge in [0.25, 0.3) is 0 Å². The van der Waals surface area contributed by atoms with Gasteiger partial charge in [0, 0.05) is 35.9 Å². The Morgan fingerprint density at radius 1 is 1.07 bits per heavy atom. The molecular formula is C23H25N3O4. The van der Waals surface area contributed by atoms with Crippen molar-refractivity contribution >= 4 is 29.2 Å². The highest BCUT2D eigenvalue weighted by molar-refractivity contribution is 5.96. The monoisotopic (exact) mass is 407 g/mol. The zero-order valence-electron chi connectivity index (χ0n) is 17.0. The number of hydrogen-bond donors (Lipinski definition) is 1. The Bertz CT molecular complexity index is 949. The molecule has 2 amide bonds. The number of ketones is 1. The summed E-state index contributed by atoms with van der Waals surface area (Å²) in [6.07, 6.45) is 1.27. The van der Waals surface area contributed by atoms with Crippen LogP contribution in [0.25, 0.3) is 0 Å². The third-order valence-corrected chi connectivity index (χ3v) is 5.66. The van der Waals surface area contributed by atoms with Crippen LogP contribution in [-0.4, -0.2) is 48.4 Å². The molecule has 0 unspecified atom stereocenters. The number of likely N-dealkylation sites (tertiary alicyclic amines) is 1. The minimum absolute atomic E-state index is 0.00374. The number of Topliss-reactive ketones (excluding diaryl/α,β-unsaturated/α-hetero) is 1. The lowest BCUT2D eigenvalue weighted by Gasteiger charge is -2.40. The molecule has 2 aliphatic rings. The second-order valence-electron chi connectivity index (χ2n) is 7.74. The van der Waals surface area contributed by atoms with Crippen molar-refractivity contribution in [1.82, 2.24) is 4.90 Å². The molecule has 2 aromatic rings. The maximum absolute atomic E-state index is 12.4. The Kier molecular flexibility index (Phi) is 5.81. The molecule has 1 N–H and O–H groups in total. The van der Waals surface area contributed by atoms with Crippen LogP contribution in [0.4, 0.5) is 16.2 Å². The van der Waals surface area contributed by atoms with Crippen molar-refractivity contribution < 1.29 is 19.1 Å². The minimum Gasteiger partial charge on any atom is -0.444 e. The number of para-hydroxylation sites is 1. The number of piperidine rings is 1. The zero-order valence-corrected chi connectivity index (χ0v) is 17.0. The van der Waals surface area contributed by atoms with Crippen LogP contribution in [0.1, 0.15) is 35.7 Å². The molecule has 0 bridgehead atoms. The van der Waals surface area contributed by atoms with Gasteiger partial charge in [0.2, 0.25) is 5.91 Å². The Balaban J connectivity index is 1.31.